The number of ketones is 3. The molecule has 2 aliphatic carbocycles. The second-order valence-corrected chi connectivity index (χ2v) is 15.5. The van der Waals surface area contributed by atoms with Crippen molar-refractivity contribution in [1.29, 1.82) is 0 Å². The number of carbonyl (C=O) groups is 4. The molecule has 3 saturated heterocycles. The van der Waals surface area contributed by atoms with E-state index >= 15 is 0 Å². The van der Waals surface area contributed by atoms with Crippen LogP contribution < -0.4 is 5.32 Å². The maximum absolute atomic E-state index is 13.8. The van der Waals surface area contributed by atoms with Crippen LogP contribution in [0.4, 0.5) is 0 Å². The predicted octanol–water partition coefficient (Wildman–Crippen LogP) is 3.11. The van der Waals surface area contributed by atoms with Gasteiger partial charge in [0.1, 0.15) is 30.0 Å². The SMILES string of the molecule is CC[C@]1(O)C[C@@H](O[C@H]2C[C@H](NC)[C@H](O[C@H]3C[C@H](O)[C@H](O[C@H]4CCC(=O)[C@H](C)O4)[C@H](C)O3)[C@H](C)O2)c2cc3c(cc2[C@H]1C(=O)OC)C(=O)c1cccc(O)c1C3=O. The number of aliphatic hydroxyl groups excluding tert-OH is 1. The third-order valence-electron chi connectivity index (χ3n) is 12.1. The highest BCUT2D eigenvalue weighted by Crippen LogP contribution is 2.50. The van der Waals surface area contributed by atoms with E-state index in [-0.39, 0.29) is 59.1 Å². The number of hydrogen-bond donors (Lipinski definition) is 4. The van der Waals surface area contributed by atoms with Crippen molar-refractivity contribution in [2.45, 2.75) is 145 Å². The summed E-state index contributed by atoms with van der Waals surface area (Å²) in [6.45, 7) is 7.04. The van der Waals surface area contributed by atoms with Crippen LogP contribution in [0.15, 0.2) is 30.3 Å². The molecule has 2 aromatic carbocycles. The number of ether oxygens (including phenoxy) is 7. The van der Waals surface area contributed by atoms with Crippen molar-refractivity contribution >= 4 is 23.3 Å². The fourth-order valence-corrected chi connectivity index (χ4v) is 8.95. The van der Waals surface area contributed by atoms with Crippen LogP contribution in [0.1, 0.15) is 121 Å². The summed E-state index contributed by atoms with van der Waals surface area (Å²) in [5, 5.41) is 37.0. The van der Waals surface area contributed by atoms with Crippen molar-refractivity contribution in [3.63, 3.8) is 0 Å². The van der Waals surface area contributed by atoms with Crippen molar-refractivity contribution in [3.05, 3.63) is 63.7 Å². The average Bonchev–Trinajstić information content (AvgIpc) is 3.16. The quantitative estimate of drug-likeness (QED) is 0.230. The van der Waals surface area contributed by atoms with Crippen LogP contribution in [0.2, 0.25) is 0 Å². The maximum Gasteiger partial charge on any atom is 0.316 e. The lowest BCUT2D eigenvalue weighted by Crippen LogP contribution is -2.58. The number of phenolic OH excluding ortho intramolecular Hbond substituents is 1. The standard InChI is InChI=1S/C41H51NO14/c1-7-41(49)17-30(22-13-25-24(14-23(22)35(41)40(48)50-6)36(46)21-9-8-10-28(44)34(21)37(25)47)54-32-15-26(42-5)38(19(3)52-32)56-33-16-29(45)39(20(4)53-33)55-31-12-11-27(43)18(2)51-31/h8-10,13-14,18-20,26,29-33,35,38-39,42,44-45,49H,7,11-12,15-17H2,1-6H3/t18-,19-,20-,26-,29-,30+,31-,32-,33-,35-,38+,39+,41-/m0/s1. The Morgan fingerprint density at radius 3 is 2.21 bits per heavy atom. The number of rotatable bonds is 9. The number of nitrogens with one attached hydrogen (secondary N) is 1. The summed E-state index contributed by atoms with van der Waals surface area (Å²) in [4.78, 5) is 52.8. The molecule has 3 fully saturated rings. The van der Waals surface area contributed by atoms with Gasteiger partial charge in [0.2, 0.25) is 0 Å². The molecule has 3 heterocycles. The summed E-state index contributed by atoms with van der Waals surface area (Å²) in [7, 11) is 3.01. The first-order valence-electron chi connectivity index (χ1n) is 19.4. The van der Waals surface area contributed by atoms with Gasteiger partial charge in [0.25, 0.3) is 0 Å². The van der Waals surface area contributed by atoms with Gasteiger partial charge in [0.15, 0.2) is 36.2 Å². The molecule has 0 unspecified atom stereocenters. The van der Waals surface area contributed by atoms with E-state index < -0.39 is 90.7 Å². The largest absolute Gasteiger partial charge is 0.507 e. The van der Waals surface area contributed by atoms with Crippen molar-refractivity contribution in [2.75, 3.05) is 14.2 Å². The normalized spacial score (nSPS) is 37.0. The number of phenols is 1. The lowest BCUT2D eigenvalue weighted by Gasteiger charge is -2.47. The van der Waals surface area contributed by atoms with E-state index in [1.165, 1.54) is 37.4 Å². The molecule has 0 radical (unpaired) electrons. The van der Waals surface area contributed by atoms with E-state index in [2.05, 4.69) is 5.32 Å². The monoisotopic (exact) mass is 781 g/mol. The smallest absolute Gasteiger partial charge is 0.316 e. The van der Waals surface area contributed by atoms with Gasteiger partial charge in [-0.3, -0.25) is 19.2 Å². The molecule has 0 saturated carbocycles. The third-order valence-corrected chi connectivity index (χ3v) is 12.1. The third kappa shape index (κ3) is 7.33. The number of likely N-dealkylation sites (N-methyl/N-ethyl adjacent to an activating group) is 1. The van der Waals surface area contributed by atoms with Gasteiger partial charge in [-0.1, -0.05) is 19.1 Å². The highest BCUT2D eigenvalue weighted by Gasteiger charge is 2.52. The molecule has 15 nitrogen and oxygen atoms in total. The number of methoxy groups -OCH3 is 1. The zero-order chi connectivity index (χ0) is 40.2. The van der Waals surface area contributed by atoms with Crippen molar-refractivity contribution < 1.29 is 67.7 Å². The minimum Gasteiger partial charge on any atom is -0.507 e. The molecular weight excluding hydrogens is 730 g/mol. The molecule has 0 bridgehead atoms. The lowest BCUT2D eigenvalue weighted by molar-refractivity contribution is -0.320. The first kappa shape index (κ1) is 40.6. The maximum atomic E-state index is 13.8. The summed E-state index contributed by atoms with van der Waals surface area (Å²) in [6, 6.07) is 6.97. The molecular formula is C41H51NO14. The van der Waals surface area contributed by atoms with Crippen LogP contribution in [0.5, 0.6) is 5.75 Å². The number of Topliss-reactive ketones (excluding diaryl/α,β-unsaturated/α-hetero) is 1. The number of carbonyl (C=O) groups excluding carboxylic acids is 4. The van der Waals surface area contributed by atoms with Crippen LogP contribution in [0, 0.1) is 0 Å². The van der Waals surface area contributed by atoms with E-state index in [1.54, 1.807) is 27.8 Å². The topological polar surface area (TPSA) is 206 Å². The minimum absolute atomic E-state index is 0.0154. The molecule has 0 spiro atoms. The van der Waals surface area contributed by atoms with Crippen LogP contribution in [-0.2, 0) is 42.7 Å². The Morgan fingerprint density at radius 2 is 1.55 bits per heavy atom. The van der Waals surface area contributed by atoms with Crippen molar-refractivity contribution in [3.8, 4) is 5.75 Å². The summed E-state index contributed by atoms with van der Waals surface area (Å²) in [5.74, 6) is -3.22. The Bertz CT molecular complexity index is 1850. The summed E-state index contributed by atoms with van der Waals surface area (Å²) in [5.41, 5.74) is -0.868. The molecule has 4 N–H and O–H groups in total. The lowest BCUT2D eigenvalue weighted by atomic mass is 9.67. The number of esters is 1. The van der Waals surface area contributed by atoms with Crippen LogP contribution in [0.25, 0.3) is 0 Å². The van der Waals surface area contributed by atoms with Gasteiger partial charge in [-0.2, -0.15) is 0 Å². The average molecular weight is 782 g/mol. The number of hydrogen-bond acceptors (Lipinski definition) is 15. The molecule has 15 heteroatoms. The van der Waals surface area contributed by atoms with Crippen molar-refractivity contribution in [1.82, 2.24) is 5.32 Å². The van der Waals surface area contributed by atoms with Gasteiger partial charge >= 0.3 is 5.97 Å². The van der Waals surface area contributed by atoms with E-state index in [0.717, 1.165) is 0 Å². The van der Waals surface area contributed by atoms with E-state index in [9.17, 15) is 34.5 Å². The zero-order valence-corrected chi connectivity index (χ0v) is 32.4. The van der Waals surface area contributed by atoms with Gasteiger partial charge in [-0.15, -0.1) is 0 Å². The molecule has 0 aromatic heterocycles. The summed E-state index contributed by atoms with van der Waals surface area (Å²) in [6.07, 6.45) is -5.69. The summed E-state index contributed by atoms with van der Waals surface area (Å²) >= 11 is 0. The highest BCUT2D eigenvalue weighted by molar-refractivity contribution is 6.29. The Balaban J connectivity index is 1.10. The van der Waals surface area contributed by atoms with Crippen molar-refractivity contribution in [2.24, 2.45) is 0 Å². The second-order valence-electron chi connectivity index (χ2n) is 15.5. The second kappa shape index (κ2) is 16.0. The Morgan fingerprint density at radius 1 is 0.893 bits per heavy atom. The summed E-state index contributed by atoms with van der Waals surface area (Å²) < 4.78 is 42.5. The van der Waals surface area contributed by atoms with Gasteiger partial charge in [-0.25, -0.2) is 0 Å². The highest BCUT2D eigenvalue weighted by atomic mass is 16.7. The molecule has 7 rings (SSSR count). The van der Waals surface area contributed by atoms with Gasteiger partial charge in [0, 0.05) is 54.8 Å². The van der Waals surface area contributed by atoms with Crippen LogP contribution in [0.3, 0.4) is 0 Å². The Labute approximate surface area is 324 Å². The van der Waals surface area contributed by atoms with E-state index in [4.69, 9.17) is 33.2 Å². The van der Waals surface area contributed by atoms with Gasteiger partial charge < -0.3 is 53.8 Å². The number of aromatic hydroxyl groups is 1. The van der Waals surface area contributed by atoms with Crippen LogP contribution >= 0.6 is 0 Å². The van der Waals surface area contributed by atoms with Crippen LogP contribution in [-0.4, -0.2) is 120 Å². The molecule has 304 valence electrons. The molecule has 0 amide bonds. The Hall–Kier alpha value is -3.64. The van der Waals surface area contributed by atoms with Gasteiger partial charge in [0.05, 0.1) is 42.7 Å². The molecule has 2 aromatic rings. The molecule has 3 aliphatic heterocycles. The molecule has 5 aliphatic rings. The first-order valence-corrected chi connectivity index (χ1v) is 19.4. The first-order chi connectivity index (χ1) is 26.7. The zero-order valence-electron chi connectivity index (χ0n) is 32.4. The number of benzene rings is 2. The van der Waals surface area contributed by atoms with E-state index in [1.807, 2.05) is 6.92 Å². The Kier molecular flexibility index (Phi) is 11.6. The fraction of sp³-hybridized carbons (Fsp3) is 0.610. The number of aliphatic hydroxyl groups is 2. The van der Waals surface area contributed by atoms with Gasteiger partial charge in [-0.05, 0) is 63.6 Å². The molecule has 56 heavy (non-hydrogen) atoms. The predicted molar refractivity (Wildman–Crippen MR) is 195 cm³/mol. The molecule has 13 atom stereocenters. The number of fused-ring (bicyclic) bond motifs is 3. The minimum atomic E-state index is -1.64. The van der Waals surface area contributed by atoms with E-state index in [0.29, 0.717) is 30.4 Å². The fourth-order valence-electron chi connectivity index (χ4n) is 8.95.